The Morgan fingerprint density at radius 2 is 1.90 bits per heavy atom. The standard InChI is InChI=1S/C17H19BrFNO/c1-20-17(14-4-3-5-15(19)16(14)18)13-8-6-12(7-9-13)10-11-21-2/h3-9,17,20H,10-11H2,1-2H3. The van der Waals surface area contributed by atoms with Gasteiger partial charge in [-0.15, -0.1) is 0 Å². The molecule has 0 fully saturated rings. The third-order valence-electron chi connectivity index (χ3n) is 3.49. The third kappa shape index (κ3) is 3.90. The number of methoxy groups -OCH3 is 1. The summed E-state index contributed by atoms with van der Waals surface area (Å²) in [4.78, 5) is 0. The number of hydrogen-bond acceptors (Lipinski definition) is 2. The van der Waals surface area contributed by atoms with Crippen LogP contribution >= 0.6 is 15.9 Å². The maximum atomic E-state index is 13.7. The first-order valence-electron chi connectivity index (χ1n) is 6.86. The van der Waals surface area contributed by atoms with Crippen LogP contribution < -0.4 is 5.32 Å². The summed E-state index contributed by atoms with van der Waals surface area (Å²) < 4.78 is 19.3. The van der Waals surface area contributed by atoms with E-state index in [1.807, 2.05) is 13.1 Å². The number of rotatable bonds is 6. The van der Waals surface area contributed by atoms with E-state index in [1.165, 1.54) is 11.6 Å². The molecule has 0 aromatic heterocycles. The Bertz CT molecular complexity index is 586. The van der Waals surface area contributed by atoms with Crippen molar-refractivity contribution < 1.29 is 9.13 Å². The minimum Gasteiger partial charge on any atom is -0.384 e. The molecule has 0 bridgehead atoms. The number of ether oxygens (including phenoxy) is 1. The van der Waals surface area contributed by atoms with Crippen molar-refractivity contribution in [2.24, 2.45) is 0 Å². The molecular formula is C17H19BrFNO. The van der Waals surface area contributed by atoms with Crippen LogP contribution in [0.1, 0.15) is 22.7 Å². The van der Waals surface area contributed by atoms with E-state index >= 15 is 0 Å². The maximum Gasteiger partial charge on any atom is 0.137 e. The van der Waals surface area contributed by atoms with Gasteiger partial charge in [-0.3, -0.25) is 0 Å². The summed E-state index contributed by atoms with van der Waals surface area (Å²) in [7, 11) is 3.58. The normalized spacial score (nSPS) is 12.4. The van der Waals surface area contributed by atoms with Crippen LogP contribution in [0.3, 0.4) is 0 Å². The van der Waals surface area contributed by atoms with Gasteiger partial charge in [-0.05, 0) is 52.2 Å². The van der Waals surface area contributed by atoms with Crippen LogP contribution in [0, 0.1) is 5.82 Å². The highest BCUT2D eigenvalue weighted by Gasteiger charge is 2.16. The second-order valence-corrected chi connectivity index (χ2v) is 5.64. The van der Waals surface area contributed by atoms with Crippen molar-refractivity contribution in [2.45, 2.75) is 12.5 Å². The number of hydrogen-bond donors (Lipinski definition) is 1. The van der Waals surface area contributed by atoms with E-state index in [1.54, 1.807) is 13.2 Å². The van der Waals surface area contributed by atoms with E-state index < -0.39 is 0 Å². The molecule has 1 unspecified atom stereocenters. The zero-order chi connectivity index (χ0) is 15.2. The Hall–Kier alpha value is -1.23. The van der Waals surface area contributed by atoms with Crippen LogP contribution in [0.15, 0.2) is 46.9 Å². The summed E-state index contributed by atoms with van der Waals surface area (Å²) in [5.41, 5.74) is 3.22. The van der Waals surface area contributed by atoms with Crippen molar-refractivity contribution >= 4 is 15.9 Å². The molecule has 0 aliphatic rings. The van der Waals surface area contributed by atoms with Gasteiger partial charge in [-0.2, -0.15) is 0 Å². The molecule has 4 heteroatoms. The molecule has 21 heavy (non-hydrogen) atoms. The number of halogens is 2. The highest BCUT2D eigenvalue weighted by molar-refractivity contribution is 9.10. The molecule has 2 rings (SSSR count). The Morgan fingerprint density at radius 3 is 2.52 bits per heavy atom. The fraction of sp³-hybridized carbons (Fsp3) is 0.294. The van der Waals surface area contributed by atoms with Crippen molar-refractivity contribution in [1.82, 2.24) is 5.32 Å². The monoisotopic (exact) mass is 351 g/mol. The molecule has 2 nitrogen and oxygen atoms in total. The molecule has 0 radical (unpaired) electrons. The lowest BCUT2D eigenvalue weighted by Crippen LogP contribution is -2.18. The summed E-state index contributed by atoms with van der Waals surface area (Å²) in [6.07, 6.45) is 0.894. The zero-order valence-electron chi connectivity index (χ0n) is 12.2. The summed E-state index contributed by atoms with van der Waals surface area (Å²) >= 11 is 3.34. The zero-order valence-corrected chi connectivity index (χ0v) is 13.8. The first kappa shape index (κ1) is 16.1. The molecule has 1 atom stereocenters. The molecule has 2 aromatic carbocycles. The Balaban J connectivity index is 2.27. The molecule has 0 amide bonds. The largest absolute Gasteiger partial charge is 0.384 e. The van der Waals surface area contributed by atoms with Crippen LogP contribution in [0.2, 0.25) is 0 Å². The minimum atomic E-state index is -0.246. The van der Waals surface area contributed by atoms with Gasteiger partial charge in [0.1, 0.15) is 5.82 Å². The van der Waals surface area contributed by atoms with Crippen LogP contribution in [0.4, 0.5) is 4.39 Å². The molecule has 0 heterocycles. The Morgan fingerprint density at radius 1 is 1.19 bits per heavy atom. The van der Waals surface area contributed by atoms with Crippen molar-refractivity contribution in [3.8, 4) is 0 Å². The molecule has 0 aliphatic carbocycles. The third-order valence-corrected chi connectivity index (χ3v) is 4.33. The molecule has 0 aliphatic heterocycles. The van der Waals surface area contributed by atoms with Gasteiger partial charge in [0.05, 0.1) is 17.1 Å². The lowest BCUT2D eigenvalue weighted by atomic mass is 9.97. The summed E-state index contributed by atoms with van der Waals surface area (Å²) in [5, 5.41) is 3.24. The summed E-state index contributed by atoms with van der Waals surface area (Å²) in [6.45, 7) is 0.713. The van der Waals surface area contributed by atoms with E-state index in [0.717, 1.165) is 17.5 Å². The van der Waals surface area contributed by atoms with Gasteiger partial charge in [0.25, 0.3) is 0 Å². The van der Waals surface area contributed by atoms with E-state index in [9.17, 15) is 4.39 Å². The van der Waals surface area contributed by atoms with Crippen LogP contribution in [-0.4, -0.2) is 20.8 Å². The topological polar surface area (TPSA) is 21.3 Å². The Labute approximate surface area is 133 Å². The SMILES string of the molecule is CNC(c1ccc(CCOC)cc1)c1cccc(F)c1Br. The Kier molecular flexibility index (Phi) is 5.91. The van der Waals surface area contributed by atoms with Gasteiger partial charge in [0, 0.05) is 7.11 Å². The van der Waals surface area contributed by atoms with Gasteiger partial charge >= 0.3 is 0 Å². The molecule has 0 saturated carbocycles. The van der Waals surface area contributed by atoms with Gasteiger partial charge in [0.15, 0.2) is 0 Å². The predicted molar refractivity (Wildman–Crippen MR) is 87.0 cm³/mol. The molecule has 1 N–H and O–H groups in total. The van der Waals surface area contributed by atoms with Crippen LogP contribution in [0.25, 0.3) is 0 Å². The van der Waals surface area contributed by atoms with Crippen molar-refractivity contribution in [1.29, 1.82) is 0 Å². The van der Waals surface area contributed by atoms with E-state index in [2.05, 4.69) is 45.5 Å². The number of benzene rings is 2. The smallest absolute Gasteiger partial charge is 0.137 e. The molecular weight excluding hydrogens is 333 g/mol. The molecule has 0 saturated heterocycles. The van der Waals surface area contributed by atoms with Gasteiger partial charge in [-0.25, -0.2) is 4.39 Å². The summed E-state index contributed by atoms with van der Waals surface area (Å²) in [5.74, 6) is -0.246. The molecule has 112 valence electrons. The van der Waals surface area contributed by atoms with E-state index in [0.29, 0.717) is 11.1 Å². The van der Waals surface area contributed by atoms with Gasteiger partial charge in [-0.1, -0.05) is 36.4 Å². The van der Waals surface area contributed by atoms with E-state index in [4.69, 9.17) is 4.74 Å². The van der Waals surface area contributed by atoms with E-state index in [-0.39, 0.29) is 11.9 Å². The fourth-order valence-electron chi connectivity index (χ4n) is 2.34. The average molecular weight is 352 g/mol. The average Bonchev–Trinajstić information content (AvgIpc) is 2.51. The second kappa shape index (κ2) is 7.69. The quantitative estimate of drug-likeness (QED) is 0.846. The summed E-state index contributed by atoms with van der Waals surface area (Å²) in [6, 6.07) is 13.4. The highest BCUT2D eigenvalue weighted by atomic mass is 79.9. The second-order valence-electron chi connectivity index (χ2n) is 4.85. The lowest BCUT2D eigenvalue weighted by molar-refractivity contribution is 0.202. The highest BCUT2D eigenvalue weighted by Crippen LogP contribution is 2.30. The lowest BCUT2D eigenvalue weighted by Gasteiger charge is -2.19. The minimum absolute atomic E-state index is 0.0495. The predicted octanol–water partition coefficient (Wildman–Crippen LogP) is 4.09. The van der Waals surface area contributed by atoms with Crippen molar-refractivity contribution in [3.05, 3.63) is 69.4 Å². The molecule has 2 aromatic rings. The maximum absolute atomic E-state index is 13.7. The van der Waals surface area contributed by atoms with Gasteiger partial charge < -0.3 is 10.1 Å². The first-order valence-corrected chi connectivity index (χ1v) is 7.65. The van der Waals surface area contributed by atoms with Crippen LogP contribution in [0.5, 0.6) is 0 Å². The fourth-order valence-corrected chi connectivity index (χ4v) is 2.84. The first-order chi connectivity index (χ1) is 10.2. The van der Waals surface area contributed by atoms with Gasteiger partial charge in [0.2, 0.25) is 0 Å². The van der Waals surface area contributed by atoms with Crippen molar-refractivity contribution in [2.75, 3.05) is 20.8 Å². The molecule has 0 spiro atoms. The van der Waals surface area contributed by atoms with Crippen LogP contribution in [-0.2, 0) is 11.2 Å². The van der Waals surface area contributed by atoms with Crippen molar-refractivity contribution in [3.63, 3.8) is 0 Å². The number of nitrogens with one attached hydrogen (secondary N) is 1.